The third-order valence-corrected chi connectivity index (χ3v) is 5.89. The highest BCUT2D eigenvalue weighted by Crippen LogP contribution is 2.24. The van der Waals surface area contributed by atoms with Crippen LogP contribution in [0.15, 0.2) is 53.7 Å². The van der Waals surface area contributed by atoms with Gasteiger partial charge in [0.25, 0.3) is 0 Å². The number of thioether (sulfide) groups is 1. The maximum absolute atomic E-state index is 12.4. The zero-order valence-electron chi connectivity index (χ0n) is 19.0. The van der Waals surface area contributed by atoms with Gasteiger partial charge in [-0.2, -0.15) is 0 Å². The third kappa shape index (κ3) is 6.48. The van der Waals surface area contributed by atoms with E-state index in [1.54, 1.807) is 30.9 Å². The Hall–Kier alpha value is -3.53. The fourth-order valence-corrected chi connectivity index (χ4v) is 3.90. The summed E-state index contributed by atoms with van der Waals surface area (Å²) < 4.78 is 12.2. The van der Waals surface area contributed by atoms with Gasteiger partial charge in [0.1, 0.15) is 11.5 Å². The van der Waals surface area contributed by atoms with Crippen LogP contribution in [0.4, 0.5) is 5.69 Å². The van der Waals surface area contributed by atoms with E-state index >= 15 is 0 Å². The number of carbonyl (C=O) groups excluding carboxylic acids is 2. The maximum atomic E-state index is 12.4. The minimum Gasteiger partial charge on any atom is -0.497 e. The van der Waals surface area contributed by atoms with Crippen molar-refractivity contribution in [2.75, 3.05) is 25.3 Å². The van der Waals surface area contributed by atoms with E-state index in [1.165, 1.54) is 11.8 Å². The number of hydrogen-bond donors (Lipinski definition) is 2. The monoisotopic (exact) mass is 469 g/mol. The predicted molar refractivity (Wildman–Crippen MR) is 127 cm³/mol. The molecule has 0 aliphatic rings. The molecule has 1 unspecified atom stereocenters. The number of para-hydroxylation sites is 2. The van der Waals surface area contributed by atoms with Crippen LogP contribution in [0.1, 0.15) is 24.4 Å². The fraction of sp³-hybridized carbons (Fsp3) is 0.304. The van der Waals surface area contributed by atoms with Crippen LogP contribution in [0.2, 0.25) is 0 Å². The Balaban J connectivity index is 1.53. The smallest absolute Gasteiger partial charge is 0.234 e. The van der Waals surface area contributed by atoms with Crippen LogP contribution in [-0.2, 0) is 23.1 Å². The second-order valence-corrected chi connectivity index (χ2v) is 8.19. The van der Waals surface area contributed by atoms with E-state index in [1.807, 2.05) is 50.4 Å². The quantitative estimate of drug-likeness (QED) is 0.440. The van der Waals surface area contributed by atoms with Gasteiger partial charge in [-0.1, -0.05) is 36.0 Å². The zero-order valence-corrected chi connectivity index (χ0v) is 19.8. The molecule has 0 fully saturated rings. The molecule has 3 rings (SSSR count). The lowest BCUT2D eigenvalue weighted by atomic mass is 10.1. The van der Waals surface area contributed by atoms with E-state index in [-0.39, 0.29) is 30.0 Å². The summed E-state index contributed by atoms with van der Waals surface area (Å²) in [6.07, 6.45) is 0.247. The lowest BCUT2D eigenvalue weighted by Gasteiger charge is -2.14. The molecular formula is C23H27N5O4S. The fourth-order valence-electron chi connectivity index (χ4n) is 3.18. The molecule has 0 saturated carbocycles. The summed E-state index contributed by atoms with van der Waals surface area (Å²) in [7, 11) is 4.96. The van der Waals surface area contributed by atoms with Gasteiger partial charge >= 0.3 is 0 Å². The molecule has 3 aromatic rings. The number of carbonyl (C=O) groups is 2. The number of ether oxygens (including phenoxy) is 2. The third-order valence-electron chi connectivity index (χ3n) is 4.87. The van der Waals surface area contributed by atoms with Crippen molar-refractivity contribution in [2.45, 2.75) is 24.5 Å². The summed E-state index contributed by atoms with van der Waals surface area (Å²) in [5, 5.41) is 14.7. The van der Waals surface area contributed by atoms with Gasteiger partial charge in [0.15, 0.2) is 11.0 Å². The number of aromatic nitrogens is 3. The number of methoxy groups -OCH3 is 2. The zero-order chi connectivity index (χ0) is 23.8. The van der Waals surface area contributed by atoms with Crippen molar-refractivity contribution in [1.29, 1.82) is 0 Å². The van der Waals surface area contributed by atoms with Crippen molar-refractivity contribution in [3.63, 3.8) is 0 Å². The van der Waals surface area contributed by atoms with Crippen molar-refractivity contribution in [3.05, 3.63) is 59.9 Å². The molecule has 0 saturated heterocycles. The van der Waals surface area contributed by atoms with Gasteiger partial charge in [-0.05, 0) is 36.8 Å². The lowest BCUT2D eigenvalue weighted by Crippen LogP contribution is -2.29. The highest BCUT2D eigenvalue weighted by atomic mass is 32.2. The maximum Gasteiger partial charge on any atom is 0.234 e. The molecule has 2 aromatic carbocycles. The van der Waals surface area contributed by atoms with Crippen LogP contribution < -0.4 is 20.1 Å². The van der Waals surface area contributed by atoms with E-state index in [0.29, 0.717) is 22.4 Å². The normalized spacial score (nSPS) is 11.5. The summed E-state index contributed by atoms with van der Waals surface area (Å²) in [5.74, 6) is 1.79. The van der Waals surface area contributed by atoms with Crippen molar-refractivity contribution in [3.8, 4) is 11.5 Å². The molecule has 0 aliphatic carbocycles. The van der Waals surface area contributed by atoms with Gasteiger partial charge in [-0.25, -0.2) is 0 Å². The summed E-state index contributed by atoms with van der Waals surface area (Å²) >= 11 is 1.26. The molecule has 0 aliphatic heterocycles. The summed E-state index contributed by atoms with van der Waals surface area (Å²) in [5.41, 5.74) is 1.49. The highest BCUT2D eigenvalue weighted by Gasteiger charge is 2.19. The van der Waals surface area contributed by atoms with E-state index < -0.39 is 0 Å². The second-order valence-electron chi connectivity index (χ2n) is 7.25. The van der Waals surface area contributed by atoms with Crippen LogP contribution in [0, 0.1) is 0 Å². The summed E-state index contributed by atoms with van der Waals surface area (Å²) in [4.78, 5) is 24.8. The Bertz CT molecular complexity index is 1100. The molecular weight excluding hydrogens is 442 g/mol. The van der Waals surface area contributed by atoms with E-state index in [2.05, 4.69) is 20.8 Å². The first kappa shape index (κ1) is 24.1. The molecule has 1 atom stereocenters. The van der Waals surface area contributed by atoms with Crippen LogP contribution in [0.25, 0.3) is 0 Å². The Kier molecular flexibility index (Phi) is 8.31. The topological polar surface area (TPSA) is 107 Å². The van der Waals surface area contributed by atoms with Crippen LogP contribution in [0.5, 0.6) is 11.5 Å². The molecule has 2 N–H and O–H groups in total. The van der Waals surface area contributed by atoms with Gasteiger partial charge in [-0.15, -0.1) is 10.2 Å². The number of rotatable bonds is 10. The molecule has 10 heteroatoms. The van der Waals surface area contributed by atoms with Gasteiger partial charge < -0.3 is 24.7 Å². The van der Waals surface area contributed by atoms with Crippen LogP contribution >= 0.6 is 11.8 Å². The predicted octanol–water partition coefficient (Wildman–Crippen LogP) is 2.98. The lowest BCUT2D eigenvalue weighted by molar-refractivity contribution is -0.121. The Labute approximate surface area is 196 Å². The van der Waals surface area contributed by atoms with Crippen molar-refractivity contribution in [1.82, 2.24) is 20.1 Å². The van der Waals surface area contributed by atoms with Gasteiger partial charge in [0, 0.05) is 7.05 Å². The molecule has 0 radical (unpaired) electrons. The summed E-state index contributed by atoms with van der Waals surface area (Å²) in [6.45, 7) is 1.85. The van der Waals surface area contributed by atoms with Crippen LogP contribution in [0.3, 0.4) is 0 Å². The van der Waals surface area contributed by atoms with Gasteiger partial charge in [-0.3, -0.25) is 9.59 Å². The molecule has 1 heterocycles. The molecule has 33 heavy (non-hydrogen) atoms. The van der Waals surface area contributed by atoms with Gasteiger partial charge in [0.05, 0.1) is 38.1 Å². The average molecular weight is 470 g/mol. The first-order chi connectivity index (χ1) is 15.9. The molecule has 0 bridgehead atoms. The van der Waals surface area contributed by atoms with E-state index in [4.69, 9.17) is 9.47 Å². The Morgan fingerprint density at radius 2 is 1.76 bits per heavy atom. The number of benzene rings is 2. The minimum absolute atomic E-state index is 0.124. The number of amides is 2. The SMILES string of the molecule is COc1ccc(CC(=O)NC(C)c2nnc(SCC(=O)Nc3ccccc3OC)n2C)cc1. The number of hydrogen-bond acceptors (Lipinski definition) is 7. The largest absolute Gasteiger partial charge is 0.497 e. The standard InChI is InChI=1S/C23H27N5O4S/c1-15(24-20(29)13-16-9-11-17(31-3)12-10-16)22-26-27-23(28(22)2)33-14-21(30)25-18-7-5-6-8-19(18)32-4/h5-12,15H,13-14H2,1-4H3,(H,24,29)(H,25,30). The van der Waals surface area contributed by atoms with E-state index in [0.717, 1.165) is 11.3 Å². The summed E-state index contributed by atoms with van der Waals surface area (Å²) in [6, 6.07) is 14.2. The number of nitrogens with one attached hydrogen (secondary N) is 2. The van der Waals surface area contributed by atoms with Gasteiger partial charge in [0.2, 0.25) is 11.8 Å². The molecule has 0 spiro atoms. The second kappa shape index (κ2) is 11.4. The number of nitrogens with zero attached hydrogens (tertiary/aromatic N) is 3. The van der Waals surface area contributed by atoms with Crippen molar-refractivity contribution >= 4 is 29.3 Å². The Morgan fingerprint density at radius 1 is 1.03 bits per heavy atom. The van der Waals surface area contributed by atoms with Crippen molar-refractivity contribution < 1.29 is 19.1 Å². The molecule has 2 amide bonds. The molecule has 174 valence electrons. The highest BCUT2D eigenvalue weighted by molar-refractivity contribution is 7.99. The first-order valence-electron chi connectivity index (χ1n) is 10.3. The number of anilines is 1. The molecule has 1 aromatic heterocycles. The van der Waals surface area contributed by atoms with E-state index in [9.17, 15) is 9.59 Å². The molecule has 9 nitrogen and oxygen atoms in total. The van der Waals surface area contributed by atoms with Crippen molar-refractivity contribution in [2.24, 2.45) is 7.05 Å². The minimum atomic E-state index is -0.343. The first-order valence-corrected chi connectivity index (χ1v) is 11.3. The Morgan fingerprint density at radius 3 is 2.45 bits per heavy atom. The van der Waals surface area contributed by atoms with Crippen LogP contribution in [-0.4, -0.2) is 46.6 Å². The average Bonchev–Trinajstić information content (AvgIpc) is 3.18.